The zero-order valence-corrected chi connectivity index (χ0v) is 24.4. The van der Waals surface area contributed by atoms with Crippen LogP contribution in [0.1, 0.15) is 85.0 Å². The molecule has 1 saturated carbocycles. The number of nitrogens with zero attached hydrogens (tertiary/aromatic N) is 3. The average Bonchev–Trinajstić information content (AvgIpc) is 3.82. The molecule has 1 aromatic heterocycles. The standard InChI is InChI=1S/C32H38ClFN4O3/c1-2-3-4-5-6-7-13-35-31(40)26-21-38(24-11-12-24)28-20-29(27(34)19-25(28)30(26)39)36-14-16-37(17-15-36)32(41)22-9-8-10-23(33)18-22/h8-10,18-21,24H,2-7,11-17H2,1H3,(H,35,40). The molecule has 1 aliphatic carbocycles. The number of fused-ring (bicyclic) bond motifs is 1. The van der Waals surface area contributed by atoms with E-state index in [9.17, 15) is 14.4 Å². The minimum atomic E-state index is -0.504. The van der Waals surface area contributed by atoms with Gasteiger partial charge in [0, 0.05) is 60.9 Å². The average molecular weight is 581 g/mol. The molecule has 1 N–H and O–H groups in total. The number of carbonyl (C=O) groups is 2. The van der Waals surface area contributed by atoms with E-state index in [1.54, 1.807) is 41.4 Å². The van der Waals surface area contributed by atoms with Crippen molar-refractivity contribution in [1.29, 1.82) is 0 Å². The van der Waals surface area contributed by atoms with Crippen LogP contribution in [0.4, 0.5) is 10.1 Å². The second-order valence-corrected chi connectivity index (χ2v) is 11.6. The third-order valence-corrected chi connectivity index (χ3v) is 8.32. The predicted octanol–water partition coefficient (Wildman–Crippen LogP) is 6.18. The fourth-order valence-electron chi connectivity index (χ4n) is 5.57. The molecule has 9 heteroatoms. The Morgan fingerprint density at radius 2 is 1.73 bits per heavy atom. The number of benzene rings is 2. The minimum Gasteiger partial charge on any atom is -0.366 e. The maximum absolute atomic E-state index is 15.5. The lowest BCUT2D eigenvalue weighted by molar-refractivity contribution is 0.0746. The Labute approximate surface area is 245 Å². The normalized spacial score (nSPS) is 15.4. The van der Waals surface area contributed by atoms with Crippen molar-refractivity contribution in [3.8, 4) is 0 Å². The Kier molecular flexibility index (Phi) is 9.28. The molecule has 1 aliphatic heterocycles. The number of amides is 2. The van der Waals surface area contributed by atoms with Crippen molar-refractivity contribution in [3.05, 3.63) is 74.8 Å². The molecule has 2 aliphatic rings. The Bertz CT molecular complexity index is 1480. The van der Waals surface area contributed by atoms with E-state index in [1.807, 2.05) is 9.47 Å². The second-order valence-electron chi connectivity index (χ2n) is 11.1. The minimum absolute atomic E-state index is 0.0654. The van der Waals surface area contributed by atoms with Crippen LogP contribution in [0.25, 0.3) is 10.9 Å². The zero-order valence-electron chi connectivity index (χ0n) is 23.6. The number of unbranched alkanes of at least 4 members (excludes halogenated alkanes) is 5. The number of aromatic nitrogens is 1. The van der Waals surface area contributed by atoms with Crippen molar-refractivity contribution in [3.63, 3.8) is 0 Å². The molecule has 218 valence electrons. The number of hydrogen-bond acceptors (Lipinski definition) is 4. The van der Waals surface area contributed by atoms with Gasteiger partial charge in [0.25, 0.3) is 11.8 Å². The van der Waals surface area contributed by atoms with Gasteiger partial charge in [-0.15, -0.1) is 0 Å². The van der Waals surface area contributed by atoms with Gasteiger partial charge < -0.3 is 19.7 Å². The van der Waals surface area contributed by atoms with E-state index in [2.05, 4.69) is 12.2 Å². The van der Waals surface area contributed by atoms with Gasteiger partial charge in [0.1, 0.15) is 11.4 Å². The van der Waals surface area contributed by atoms with Gasteiger partial charge in [-0.25, -0.2) is 4.39 Å². The first-order valence-electron chi connectivity index (χ1n) is 14.8. The van der Waals surface area contributed by atoms with Crippen LogP contribution in [0.15, 0.2) is 47.4 Å². The first-order chi connectivity index (χ1) is 19.9. The first kappa shape index (κ1) is 29.1. The van der Waals surface area contributed by atoms with Crippen LogP contribution < -0.4 is 15.6 Å². The highest BCUT2D eigenvalue weighted by molar-refractivity contribution is 6.31. The van der Waals surface area contributed by atoms with Crippen LogP contribution in [0, 0.1) is 5.82 Å². The monoisotopic (exact) mass is 580 g/mol. The number of pyridine rings is 1. The summed E-state index contributed by atoms with van der Waals surface area (Å²) in [5.41, 5.74) is 1.19. The summed E-state index contributed by atoms with van der Waals surface area (Å²) in [4.78, 5) is 43.0. The zero-order chi connectivity index (χ0) is 28.9. The molecule has 2 fully saturated rings. The highest BCUT2D eigenvalue weighted by Crippen LogP contribution is 2.38. The molecular weight excluding hydrogens is 543 g/mol. The molecule has 1 saturated heterocycles. The lowest BCUT2D eigenvalue weighted by atomic mass is 10.1. The van der Waals surface area contributed by atoms with Crippen molar-refractivity contribution >= 4 is 40.0 Å². The summed E-state index contributed by atoms with van der Waals surface area (Å²) >= 11 is 6.05. The molecule has 2 heterocycles. The van der Waals surface area contributed by atoms with Crippen molar-refractivity contribution in [2.24, 2.45) is 0 Å². The fourth-order valence-corrected chi connectivity index (χ4v) is 5.76. The number of halogens is 2. The topological polar surface area (TPSA) is 74.7 Å². The van der Waals surface area contributed by atoms with E-state index in [4.69, 9.17) is 11.6 Å². The smallest absolute Gasteiger partial charge is 0.256 e. The van der Waals surface area contributed by atoms with Crippen LogP contribution >= 0.6 is 11.6 Å². The van der Waals surface area contributed by atoms with E-state index < -0.39 is 17.2 Å². The highest BCUT2D eigenvalue weighted by atomic mass is 35.5. The first-order valence-corrected chi connectivity index (χ1v) is 15.2. The van der Waals surface area contributed by atoms with E-state index in [0.717, 1.165) is 32.1 Å². The molecule has 0 unspecified atom stereocenters. The Morgan fingerprint density at radius 1 is 1.00 bits per heavy atom. The van der Waals surface area contributed by atoms with Crippen molar-refractivity contribution in [2.45, 2.75) is 64.3 Å². The van der Waals surface area contributed by atoms with Gasteiger partial charge in [-0.05, 0) is 49.6 Å². The molecule has 41 heavy (non-hydrogen) atoms. The highest BCUT2D eigenvalue weighted by Gasteiger charge is 2.29. The van der Waals surface area contributed by atoms with Gasteiger partial charge in [-0.3, -0.25) is 14.4 Å². The number of rotatable bonds is 11. The van der Waals surface area contributed by atoms with E-state index >= 15 is 4.39 Å². The molecule has 0 radical (unpaired) electrons. The quantitative estimate of drug-likeness (QED) is 0.275. The molecule has 2 aromatic carbocycles. The van der Waals surface area contributed by atoms with E-state index in [-0.39, 0.29) is 22.9 Å². The van der Waals surface area contributed by atoms with Crippen LogP contribution in [-0.2, 0) is 0 Å². The molecule has 0 bridgehead atoms. The van der Waals surface area contributed by atoms with Gasteiger partial charge in [0.15, 0.2) is 0 Å². The number of piperazine rings is 1. The molecule has 7 nitrogen and oxygen atoms in total. The summed E-state index contributed by atoms with van der Waals surface area (Å²) < 4.78 is 17.5. The molecule has 0 atom stereocenters. The SMILES string of the molecule is CCCCCCCCNC(=O)c1cn(C2CC2)c2cc(N3CCN(C(=O)c4cccc(Cl)c4)CC3)c(F)cc2c1=O. The van der Waals surface area contributed by atoms with Crippen LogP contribution in [0.3, 0.4) is 0 Å². The Morgan fingerprint density at radius 3 is 2.44 bits per heavy atom. The summed E-state index contributed by atoms with van der Waals surface area (Å²) in [6.07, 6.45) is 10.2. The van der Waals surface area contributed by atoms with E-state index in [1.165, 1.54) is 25.3 Å². The predicted molar refractivity (Wildman–Crippen MR) is 162 cm³/mol. The van der Waals surface area contributed by atoms with Crippen LogP contribution in [0.5, 0.6) is 0 Å². The lowest BCUT2D eigenvalue weighted by Gasteiger charge is -2.36. The van der Waals surface area contributed by atoms with E-state index in [0.29, 0.717) is 54.5 Å². The van der Waals surface area contributed by atoms with Crippen LogP contribution in [0.2, 0.25) is 5.02 Å². The number of hydrogen-bond donors (Lipinski definition) is 1. The molecule has 2 amide bonds. The van der Waals surface area contributed by atoms with Crippen LogP contribution in [-0.4, -0.2) is 54.0 Å². The largest absolute Gasteiger partial charge is 0.366 e. The maximum atomic E-state index is 15.5. The lowest BCUT2D eigenvalue weighted by Crippen LogP contribution is -2.49. The third kappa shape index (κ3) is 6.75. The number of nitrogens with one attached hydrogen (secondary N) is 1. The Balaban J connectivity index is 1.31. The van der Waals surface area contributed by atoms with Gasteiger partial charge in [-0.1, -0.05) is 56.7 Å². The summed E-state index contributed by atoms with van der Waals surface area (Å²) in [5.74, 6) is -1.00. The molecular formula is C32H38ClFN4O3. The molecule has 5 rings (SSSR count). The third-order valence-electron chi connectivity index (χ3n) is 8.08. The van der Waals surface area contributed by atoms with Crippen molar-refractivity contribution < 1.29 is 14.0 Å². The van der Waals surface area contributed by atoms with Gasteiger partial charge in [0.2, 0.25) is 5.43 Å². The summed E-state index contributed by atoms with van der Waals surface area (Å²) in [5, 5.41) is 3.62. The summed E-state index contributed by atoms with van der Waals surface area (Å²) in [6.45, 7) is 4.50. The Hall–Kier alpha value is -3.39. The van der Waals surface area contributed by atoms with Gasteiger partial charge in [0.05, 0.1) is 11.2 Å². The van der Waals surface area contributed by atoms with Gasteiger partial charge in [-0.2, -0.15) is 0 Å². The number of anilines is 1. The van der Waals surface area contributed by atoms with Gasteiger partial charge >= 0.3 is 0 Å². The fraction of sp³-hybridized carbons (Fsp3) is 0.469. The summed E-state index contributed by atoms with van der Waals surface area (Å²) in [7, 11) is 0. The molecule has 0 spiro atoms. The van der Waals surface area contributed by atoms with Crippen molar-refractivity contribution in [1.82, 2.24) is 14.8 Å². The van der Waals surface area contributed by atoms with Crippen molar-refractivity contribution in [2.75, 3.05) is 37.6 Å². The molecule has 3 aromatic rings. The second kappa shape index (κ2) is 13.1. The number of carbonyl (C=O) groups excluding carboxylic acids is 2. The maximum Gasteiger partial charge on any atom is 0.256 e. The summed E-state index contributed by atoms with van der Waals surface area (Å²) in [6, 6.07) is 10.1.